The summed E-state index contributed by atoms with van der Waals surface area (Å²) < 4.78 is 32.4. The molecule has 102 valence electrons. The van der Waals surface area contributed by atoms with Crippen molar-refractivity contribution in [3.63, 3.8) is 0 Å². The van der Waals surface area contributed by atoms with Crippen LogP contribution in [0.1, 0.15) is 12.5 Å². The minimum atomic E-state index is -0.673. The van der Waals surface area contributed by atoms with Crippen molar-refractivity contribution in [3.05, 3.63) is 29.5 Å². The van der Waals surface area contributed by atoms with Crippen LogP contribution in [-0.2, 0) is 0 Å². The number of halogens is 2. The number of hydrogen-bond donors (Lipinski definition) is 1. The van der Waals surface area contributed by atoms with Crippen LogP contribution in [0, 0.1) is 18.8 Å². The van der Waals surface area contributed by atoms with E-state index >= 15 is 0 Å². The van der Waals surface area contributed by atoms with Gasteiger partial charge in [0.1, 0.15) is 5.82 Å². The Balaban J connectivity index is 2.14. The molecule has 0 spiro atoms. The molecule has 0 saturated carbocycles. The zero-order chi connectivity index (χ0) is 13.6. The third-order valence-corrected chi connectivity index (χ3v) is 3.67. The lowest BCUT2D eigenvalue weighted by Crippen LogP contribution is -2.49. The molecule has 0 radical (unpaired) electrons. The molecule has 3 nitrogen and oxygen atoms in total. The summed E-state index contributed by atoms with van der Waals surface area (Å²) in [7, 11) is 0. The van der Waals surface area contributed by atoms with E-state index in [1.54, 1.807) is 6.92 Å². The number of nitrogens with one attached hydrogen (secondary N) is 1. The number of aryl methyl sites for hydroxylation is 1. The van der Waals surface area contributed by atoms with E-state index in [-0.39, 0.29) is 5.82 Å². The summed E-state index contributed by atoms with van der Waals surface area (Å²) in [5, 5.41) is 3.83. The van der Waals surface area contributed by atoms with Gasteiger partial charge < -0.3 is 14.6 Å². The molecule has 1 aromatic carbocycles. The Morgan fingerprint density at radius 1 is 1.37 bits per heavy atom. The molecule has 1 fully saturated rings. The lowest BCUT2D eigenvalue weighted by Gasteiger charge is -2.33. The van der Waals surface area contributed by atoms with Gasteiger partial charge in [-0.15, -0.1) is 0 Å². The van der Waals surface area contributed by atoms with E-state index in [4.69, 9.17) is 4.42 Å². The second kappa shape index (κ2) is 4.49. The van der Waals surface area contributed by atoms with Crippen molar-refractivity contribution < 1.29 is 13.2 Å². The molecular weight excluding hydrogens is 250 g/mol. The standard InChI is InChI=1S/C14H16F2N2O/c1-8-7-18(4-3-17-8)12-6-11(15)9(2)10-5-13(16)19-14(10)12/h5-6,8,17H,3-4,7H2,1-2H3/t8-/m0/s1. The topological polar surface area (TPSA) is 28.4 Å². The molecule has 1 aromatic heterocycles. The molecule has 0 bridgehead atoms. The molecule has 5 heteroatoms. The first-order valence-corrected chi connectivity index (χ1v) is 6.42. The zero-order valence-corrected chi connectivity index (χ0v) is 11.0. The van der Waals surface area contributed by atoms with Crippen LogP contribution < -0.4 is 10.2 Å². The van der Waals surface area contributed by atoms with E-state index in [0.717, 1.165) is 19.6 Å². The SMILES string of the molecule is Cc1c(F)cc(N2CCN[C@@H](C)C2)c2oc(F)cc12. The van der Waals surface area contributed by atoms with Crippen molar-refractivity contribution in [2.75, 3.05) is 24.5 Å². The van der Waals surface area contributed by atoms with E-state index in [1.165, 1.54) is 12.1 Å². The van der Waals surface area contributed by atoms with Crippen LogP contribution >= 0.6 is 0 Å². The highest BCUT2D eigenvalue weighted by Crippen LogP contribution is 2.33. The molecule has 1 N–H and O–H groups in total. The summed E-state index contributed by atoms with van der Waals surface area (Å²) >= 11 is 0. The summed E-state index contributed by atoms with van der Waals surface area (Å²) in [6.45, 7) is 6.03. The van der Waals surface area contributed by atoms with Gasteiger partial charge >= 0.3 is 0 Å². The Hall–Kier alpha value is -1.62. The Labute approximate surface area is 110 Å². The van der Waals surface area contributed by atoms with E-state index in [2.05, 4.69) is 12.2 Å². The number of hydrogen-bond acceptors (Lipinski definition) is 3. The molecule has 0 unspecified atom stereocenters. The van der Waals surface area contributed by atoms with Gasteiger partial charge in [-0.3, -0.25) is 0 Å². The number of piperazine rings is 1. The monoisotopic (exact) mass is 266 g/mol. The summed E-state index contributed by atoms with van der Waals surface area (Å²) in [6.07, 6.45) is 0. The fourth-order valence-electron chi connectivity index (χ4n) is 2.64. The average Bonchev–Trinajstić information content (AvgIpc) is 2.76. The maximum absolute atomic E-state index is 14.0. The van der Waals surface area contributed by atoms with Crippen molar-refractivity contribution in [1.29, 1.82) is 0 Å². The van der Waals surface area contributed by atoms with Crippen molar-refractivity contribution >= 4 is 16.7 Å². The number of nitrogens with zero attached hydrogens (tertiary/aromatic N) is 1. The van der Waals surface area contributed by atoms with Gasteiger partial charge in [0, 0.05) is 43.2 Å². The van der Waals surface area contributed by atoms with Gasteiger partial charge in [0.25, 0.3) is 6.01 Å². The smallest absolute Gasteiger partial charge is 0.278 e. The molecule has 1 saturated heterocycles. The highest BCUT2D eigenvalue weighted by molar-refractivity contribution is 5.92. The minimum absolute atomic E-state index is 0.313. The van der Waals surface area contributed by atoms with Crippen LogP contribution in [0.2, 0.25) is 0 Å². The van der Waals surface area contributed by atoms with Crippen molar-refractivity contribution in [1.82, 2.24) is 5.32 Å². The molecule has 1 aliphatic rings. The van der Waals surface area contributed by atoms with E-state index in [9.17, 15) is 8.78 Å². The highest BCUT2D eigenvalue weighted by Gasteiger charge is 2.22. The Kier molecular flexibility index (Phi) is 2.93. The van der Waals surface area contributed by atoms with Gasteiger partial charge in [-0.25, -0.2) is 4.39 Å². The van der Waals surface area contributed by atoms with Crippen molar-refractivity contribution in [2.45, 2.75) is 19.9 Å². The van der Waals surface area contributed by atoms with Crippen molar-refractivity contribution in [2.24, 2.45) is 0 Å². The molecule has 2 aromatic rings. The maximum atomic E-state index is 14.0. The zero-order valence-electron chi connectivity index (χ0n) is 11.0. The number of furan rings is 1. The number of benzene rings is 1. The van der Waals surface area contributed by atoms with Crippen LogP contribution in [-0.4, -0.2) is 25.7 Å². The lowest BCUT2D eigenvalue weighted by molar-refractivity contribution is 0.380. The molecule has 0 aliphatic carbocycles. The number of fused-ring (bicyclic) bond motifs is 1. The summed E-state index contributed by atoms with van der Waals surface area (Å²) in [4.78, 5) is 2.04. The molecule has 1 aliphatic heterocycles. The average molecular weight is 266 g/mol. The second-order valence-corrected chi connectivity index (χ2v) is 5.10. The van der Waals surface area contributed by atoms with Crippen LogP contribution in [0.5, 0.6) is 0 Å². The van der Waals surface area contributed by atoms with Gasteiger partial charge in [0.05, 0.1) is 5.69 Å². The molecular formula is C14H16F2N2O. The molecule has 2 heterocycles. The molecule has 1 atom stereocenters. The number of rotatable bonds is 1. The first-order chi connectivity index (χ1) is 9.06. The van der Waals surface area contributed by atoms with Crippen LogP contribution in [0.4, 0.5) is 14.5 Å². The second-order valence-electron chi connectivity index (χ2n) is 5.10. The quantitative estimate of drug-likeness (QED) is 0.860. The summed E-state index contributed by atoms with van der Waals surface area (Å²) in [6, 6.07) is 2.34. The molecule has 19 heavy (non-hydrogen) atoms. The van der Waals surface area contributed by atoms with Crippen LogP contribution in [0.15, 0.2) is 16.5 Å². The van der Waals surface area contributed by atoms with Gasteiger partial charge in [-0.05, 0) is 19.4 Å². The normalized spacial score (nSPS) is 20.2. The third-order valence-electron chi connectivity index (χ3n) is 3.67. The van der Waals surface area contributed by atoms with Gasteiger partial charge in [0.15, 0.2) is 5.58 Å². The Morgan fingerprint density at radius 3 is 2.89 bits per heavy atom. The third kappa shape index (κ3) is 2.08. The Morgan fingerprint density at radius 2 is 2.16 bits per heavy atom. The van der Waals surface area contributed by atoms with Gasteiger partial charge in [-0.1, -0.05) is 0 Å². The van der Waals surface area contributed by atoms with E-state index in [0.29, 0.717) is 28.3 Å². The van der Waals surface area contributed by atoms with E-state index in [1.807, 2.05) is 4.90 Å². The molecule has 3 rings (SSSR count). The van der Waals surface area contributed by atoms with Crippen molar-refractivity contribution in [3.8, 4) is 0 Å². The first kappa shape index (κ1) is 12.4. The fourth-order valence-corrected chi connectivity index (χ4v) is 2.64. The van der Waals surface area contributed by atoms with Crippen LogP contribution in [0.3, 0.4) is 0 Å². The summed E-state index contributed by atoms with van der Waals surface area (Å²) in [5.41, 5.74) is 1.50. The summed E-state index contributed by atoms with van der Waals surface area (Å²) in [5.74, 6) is -0.325. The van der Waals surface area contributed by atoms with Crippen LogP contribution in [0.25, 0.3) is 11.0 Å². The Bertz CT molecular complexity index is 623. The maximum Gasteiger partial charge on any atom is 0.278 e. The van der Waals surface area contributed by atoms with Gasteiger partial charge in [0.2, 0.25) is 0 Å². The largest absolute Gasteiger partial charge is 0.429 e. The van der Waals surface area contributed by atoms with Gasteiger partial charge in [-0.2, -0.15) is 4.39 Å². The first-order valence-electron chi connectivity index (χ1n) is 6.42. The lowest BCUT2D eigenvalue weighted by atomic mass is 10.1. The number of anilines is 1. The predicted molar refractivity (Wildman–Crippen MR) is 70.5 cm³/mol. The predicted octanol–water partition coefficient (Wildman–Crippen LogP) is 2.82. The molecule has 0 amide bonds. The minimum Gasteiger partial charge on any atom is -0.429 e. The fraction of sp³-hybridized carbons (Fsp3) is 0.429. The highest BCUT2D eigenvalue weighted by atomic mass is 19.1. The van der Waals surface area contributed by atoms with E-state index < -0.39 is 6.01 Å².